The van der Waals surface area contributed by atoms with E-state index in [-0.39, 0.29) is 11.3 Å². The number of methoxy groups -OCH3 is 1. The van der Waals surface area contributed by atoms with Gasteiger partial charge in [-0.3, -0.25) is 19.5 Å². The molecule has 156 valence electrons. The molecule has 1 aliphatic heterocycles. The van der Waals surface area contributed by atoms with Gasteiger partial charge in [0.2, 0.25) is 0 Å². The van der Waals surface area contributed by atoms with Crippen LogP contribution in [0.3, 0.4) is 0 Å². The highest BCUT2D eigenvalue weighted by atomic mass is 79.9. The van der Waals surface area contributed by atoms with Crippen LogP contribution in [-0.2, 0) is 9.59 Å². The second-order valence-electron chi connectivity index (χ2n) is 6.78. The smallest absolute Gasteiger partial charge is 0.300 e. The van der Waals surface area contributed by atoms with Crippen LogP contribution in [-0.4, -0.2) is 28.9 Å². The van der Waals surface area contributed by atoms with E-state index in [9.17, 15) is 14.7 Å². The highest BCUT2D eigenvalue weighted by Gasteiger charge is 2.47. The molecule has 6 nitrogen and oxygen atoms in total. The quantitative estimate of drug-likeness (QED) is 0.276. The SMILES string of the molecule is COc1ccc(/C(O)=C2\C(=O)C(=O)N(c3cccc(Br)c3)C2c2ccncc2)cc1Br. The molecular formula is C23H16Br2N2O4. The third kappa shape index (κ3) is 3.88. The van der Waals surface area contributed by atoms with Crippen LogP contribution in [0.2, 0.25) is 0 Å². The largest absolute Gasteiger partial charge is 0.507 e. The molecule has 1 aliphatic rings. The van der Waals surface area contributed by atoms with Gasteiger partial charge in [-0.25, -0.2) is 0 Å². The summed E-state index contributed by atoms with van der Waals surface area (Å²) in [6.07, 6.45) is 3.17. The first-order chi connectivity index (χ1) is 14.9. The zero-order valence-corrected chi connectivity index (χ0v) is 19.4. The number of aliphatic hydroxyl groups is 1. The zero-order valence-electron chi connectivity index (χ0n) is 16.3. The number of aliphatic hydroxyl groups excluding tert-OH is 1. The van der Waals surface area contributed by atoms with Gasteiger partial charge >= 0.3 is 0 Å². The summed E-state index contributed by atoms with van der Waals surface area (Å²) in [6, 6.07) is 14.7. The molecule has 1 fully saturated rings. The summed E-state index contributed by atoms with van der Waals surface area (Å²) in [5, 5.41) is 11.1. The van der Waals surface area contributed by atoms with E-state index >= 15 is 0 Å². The van der Waals surface area contributed by atoms with Crippen molar-refractivity contribution in [3.63, 3.8) is 0 Å². The van der Waals surface area contributed by atoms with Crippen LogP contribution in [0, 0.1) is 0 Å². The molecule has 8 heteroatoms. The molecule has 0 bridgehead atoms. The Balaban J connectivity index is 1.93. The predicted molar refractivity (Wildman–Crippen MR) is 124 cm³/mol. The monoisotopic (exact) mass is 542 g/mol. The minimum Gasteiger partial charge on any atom is -0.507 e. The molecule has 1 atom stereocenters. The van der Waals surface area contributed by atoms with Gasteiger partial charge in [0.05, 0.1) is 23.2 Å². The standard InChI is InChI=1S/C23H16Br2N2O4/c1-31-18-6-5-14(11-17(18)25)21(28)19-20(13-7-9-26-10-8-13)27(23(30)22(19)29)16-4-2-3-15(24)12-16/h2-12,20,28H,1H3/b21-19+. The number of hydrogen-bond donors (Lipinski definition) is 1. The van der Waals surface area contributed by atoms with Crippen molar-refractivity contribution in [2.75, 3.05) is 12.0 Å². The van der Waals surface area contributed by atoms with E-state index in [2.05, 4.69) is 36.8 Å². The summed E-state index contributed by atoms with van der Waals surface area (Å²) in [5.74, 6) is -1.15. The molecule has 3 aromatic rings. The van der Waals surface area contributed by atoms with Crippen molar-refractivity contribution >= 4 is 55.0 Å². The Morgan fingerprint density at radius 3 is 2.45 bits per heavy atom. The fourth-order valence-corrected chi connectivity index (χ4v) is 4.48. The number of carbonyl (C=O) groups excluding carboxylic acids is 2. The van der Waals surface area contributed by atoms with Gasteiger partial charge in [0, 0.05) is 28.1 Å². The molecule has 1 unspecified atom stereocenters. The topological polar surface area (TPSA) is 79.7 Å². The van der Waals surface area contributed by atoms with Crippen LogP contribution in [0.25, 0.3) is 5.76 Å². The lowest BCUT2D eigenvalue weighted by Gasteiger charge is -2.25. The fourth-order valence-electron chi connectivity index (χ4n) is 3.56. The lowest BCUT2D eigenvalue weighted by Crippen LogP contribution is -2.29. The molecule has 4 rings (SSSR count). The van der Waals surface area contributed by atoms with Gasteiger partial charge in [-0.05, 0) is 70.0 Å². The molecule has 1 aromatic heterocycles. The predicted octanol–water partition coefficient (Wildman–Crippen LogP) is 5.24. The van der Waals surface area contributed by atoms with Gasteiger partial charge in [-0.1, -0.05) is 22.0 Å². The summed E-state index contributed by atoms with van der Waals surface area (Å²) in [4.78, 5) is 31.6. The maximum atomic E-state index is 13.1. The second-order valence-corrected chi connectivity index (χ2v) is 8.55. The molecule has 2 heterocycles. The number of anilines is 1. The summed E-state index contributed by atoms with van der Waals surface area (Å²) in [6.45, 7) is 0. The lowest BCUT2D eigenvalue weighted by atomic mass is 9.95. The number of nitrogens with zero attached hydrogens (tertiary/aromatic N) is 2. The average molecular weight is 544 g/mol. The van der Waals surface area contributed by atoms with Crippen molar-refractivity contribution in [1.82, 2.24) is 4.98 Å². The van der Waals surface area contributed by atoms with E-state index in [1.165, 1.54) is 12.0 Å². The Bertz CT molecular complexity index is 1210. The van der Waals surface area contributed by atoms with Crippen LogP contribution in [0.15, 0.2) is 81.5 Å². The Labute approximate surface area is 195 Å². The third-order valence-electron chi connectivity index (χ3n) is 4.98. The maximum Gasteiger partial charge on any atom is 0.300 e. The first kappa shape index (κ1) is 21.3. The number of ether oxygens (including phenoxy) is 1. The normalized spacial score (nSPS) is 17.8. The molecular weight excluding hydrogens is 528 g/mol. The molecule has 2 aromatic carbocycles. The van der Waals surface area contributed by atoms with Gasteiger partial charge in [0.1, 0.15) is 11.5 Å². The highest BCUT2D eigenvalue weighted by molar-refractivity contribution is 9.10. The Morgan fingerprint density at radius 1 is 1.06 bits per heavy atom. The minimum atomic E-state index is -0.807. The lowest BCUT2D eigenvalue weighted by molar-refractivity contribution is -0.132. The number of ketones is 1. The maximum absolute atomic E-state index is 13.1. The van der Waals surface area contributed by atoms with E-state index in [0.717, 1.165) is 4.47 Å². The highest BCUT2D eigenvalue weighted by Crippen LogP contribution is 2.43. The van der Waals surface area contributed by atoms with Gasteiger partial charge in [-0.2, -0.15) is 0 Å². The molecule has 0 aliphatic carbocycles. The molecule has 1 N–H and O–H groups in total. The number of amides is 1. The van der Waals surface area contributed by atoms with Gasteiger partial charge in [-0.15, -0.1) is 0 Å². The summed E-state index contributed by atoms with van der Waals surface area (Å²) in [7, 11) is 1.53. The van der Waals surface area contributed by atoms with Crippen molar-refractivity contribution in [1.29, 1.82) is 0 Å². The summed E-state index contributed by atoms with van der Waals surface area (Å²) in [5.41, 5.74) is 1.59. The van der Waals surface area contributed by atoms with Crippen molar-refractivity contribution in [2.24, 2.45) is 0 Å². The second kappa shape index (κ2) is 8.64. The zero-order chi connectivity index (χ0) is 22.1. The molecule has 1 amide bonds. The van der Waals surface area contributed by atoms with E-state index in [1.807, 2.05) is 6.07 Å². The number of pyridine rings is 1. The third-order valence-corrected chi connectivity index (χ3v) is 6.09. The van der Waals surface area contributed by atoms with E-state index < -0.39 is 17.7 Å². The summed E-state index contributed by atoms with van der Waals surface area (Å²) >= 11 is 6.80. The van der Waals surface area contributed by atoms with E-state index in [1.54, 1.807) is 60.9 Å². The van der Waals surface area contributed by atoms with Crippen molar-refractivity contribution < 1.29 is 19.4 Å². The Hall–Kier alpha value is -2.97. The fraction of sp³-hybridized carbons (Fsp3) is 0.0870. The molecule has 0 spiro atoms. The van der Waals surface area contributed by atoms with E-state index in [0.29, 0.717) is 27.0 Å². The number of hydrogen-bond acceptors (Lipinski definition) is 5. The van der Waals surface area contributed by atoms with Crippen LogP contribution in [0.5, 0.6) is 5.75 Å². The first-order valence-corrected chi connectivity index (χ1v) is 10.8. The van der Waals surface area contributed by atoms with Crippen LogP contribution in [0.1, 0.15) is 17.2 Å². The van der Waals surface area contributed by atoms with Crippen LogP contribution in [0.4, 0.5) is 5.69 Å². The number of halogens is 2. The van der Waals surface area contributed by atoms with Crippen LogP contribution >= 0.6 is 31.9 Å². The Morgan fingerprint density at radius 2 is 1.81 bits per heavy atom. The first-order valence-electron chi connectivity index (χ1n) is 9.22. The molecule has 31 heavy (non-hydrogen) atoms. The average Bonchev–Trinajstić information content (AvgIpc) is 3.04. The van der Waals surface area contributed by atoms with Crippen molar-refractivity contribution in [3.05, 3.63) is 92.6 Å². The number of carbonyl (C=O) groups is 2. The molecule has 0 saturated carbocycles. The number of rotatable bonds is 4. The van der Waals surface area contributed by atoms with Gasteiger partial charge in [0.25, 0.3) is 11.7 Å². The number of benzene rings is 2. The van der Waals surface area contributed by atoms with Gasteiger partial charge in [0.15, 0.2) is 0 Å². The minimum absolute atomic E-state index is 0.00763. The van der Waals surface area contributed by atoms with Crippen molar-refractivity contribution in [3.8, 4) is 5.75 Å². The van der Waals surface area contributed by atoms with E-state index in [4.69, 9.17) is 4.74 Å². The molecule has 0 radical (unpaired) electrons. The van der Waals surface area contributed by atoms with Crippen LogP contribution < -0.4 is 9.64 Å². The molecule has 1 saturated heterocycles. The van der Waals surface area contributed by atoms with Crippen molar-refractivity contribution in [2.45, 2.75) is 6.04 Å². The number of aromatic nitrogens is 1. The van der Waals surface area contributed by atoms with Gasteiger partial charge < -0.3 is 9.84 Å². The summed E-state index contributed by atoms with van der Waals surface area (Å²) < 4.78 is 6.61. The number of Topliss-reactive ketones (excluding diaryl/α,β-unsaturated/α-hetero) is 1. The Kier molecular flexibility index (Phi) is 5.93.